The van der Waals surface area contributed by atoms with Gasteiger partial charge in [0.25, 0.3) is 0 Å². The van der Waals surface area contributed by atoms with Gasteiger partial charge >= 0.3 is 5.97 Å². The van der Waals surface area contributed by atoms with E-state index in [1.165, 1.54) is 7.11 Å². The molecule has 0 aromatic heterocycles. The van der Waals surface area contributed by atoms with E-state index in [0.29, 0.717) is 6.42 Å². The number of aliphatic hydroxyl groups is 1. The molecule has 6 heteroatoms. The number of esters is 1. The first-order valence-electron chi connectivity index (χ1n) is 4.40. The van der Waals surface area contributed by atoms with Gasteiger partial charge < -0.3 is 9.84 Å². The van der Waals surface area contributed by atoms with Crippen molar-refractivity contribution in [2.24, 2.45) is 5.92 Å². The van der Waals surface area contributed by atoms with Crippen LogP contribution in [0.15, 0.2) is 0 Å². The van der Waals surface area contributed by atoms with Crippen molar-refractivity contribution < 1.29 is 23.1 Å². The standard InChI is InChI=1S/C8H14O5S/c1-13-8(10)3-2-6-4-14(11,12)5-7(6)9/h6-7,9H,2-5H2,1H3. The molecule has 1 saturated heterocycles. The Morgan fingerprint density at radius 2 is 2.14 bits per heavy atom. The summed E-state index contributed by atoms with van der Waals surface area (Å²) in [5.74, 6) is -0.898. The van der Waals surface area contributed by atoms with Crippen LogP contribution in [0.2, 0.25) is 0 Å². The summed E-state index contributed by atoms with van der Waals surface area (Å²) in [5.41, 5.74) is 0. The van der Waals surface area contributed by atoms with Crippen LogP contribution in [0.25, 0.3) is 0 Å². The molecular weight excluding hydrogens is 208 g/mol. The van der Waals surface area contributed by atoms with E-state index in [0.717, 1.165) is 0 Å². The van der Waals surface area contributed by atoms with Crippen molar-refractivity contribution in [3.63, 3.8) is 0 Å². The molecule has 2 atom stereocenters. The molecule has 1 aliphatic rings. The normalized spacial score (nSPS) is 30.1. The van der Waals surface area contributed by atoms with E-state index < -0.39 is 15.9 Å². The number of hydrogen-bond donors (Lipinski definition) is 1. The van der Waals surface area contributed by atoms with Crippen molar-refractivity contribution in [2.45, 2.75) is 18.9 Å². The van der Waals surface area contributed by atoms with Gasteiger partial charge in [0.2, 0.25) is 0 Å². The van der Waals surface area contributed by atoms with E-state index in [1.807, 2.05) is 0 Å². The fourth-order valence-electron chi connectivity index (χ4n) is 1.58. The molecule has 5 nitrogen and oxygen atoms in total. The Bertz CT molecular complexity index is 308. The molecule has 0 amide bonds. The molecule has 1 N–H and O–H groups in total. The predicted octanol–water partition coefficient (Wildman–Crippen LogP) is -0.655. The first kappa shape index (κ1) is 11.5. The third-order valence-corrected chi connectivity index (χ3v) is 4.17. The van der Waals surface area contributed by atoms with Gasteiger partial charge in [-0.25, -0.2) is 8.42 Å². The lowest BCUT2D eigenvalue weighted by atomic mass is 10.0. The topological polar surface area (TPSA) is 80.7 Å². The molecule has 1 fully saturated rings. The third kappa shape index (κ3) is 2.95. The Morgan fingerprint density at radius 1 is 1.50 bits per heavy atom. The lowest BCUT2D eigenvalue weighted by molar-refractivity contribution is -0.141. The van der Waals surface area contributed by atoms with Gasteiger partial charge in [-0.3, -0.25) is 4.79 Å². The maximum Gasteiger partial charge on any atom is 0.305 e. The van der Waals surface area contributed by atoms with Crippen LogP contribution in [0, 0.1) is 5.92 Å². The number of hydrogen-bond acceptors (Lipinski definition) is 5. The predicted molar refractivity (Wildman–Crippen MR) is 49.4 cm³/mol. The second-order valence-electron chi connectivity index (χ2n) is 3.52. The summed E-state index contributed by atoms with van der Waals surface area (Å²) in [6.07, 6.45) is -0.300. The molecule has 0 aliphatic carbocycles. The van der Waals surface area contributed by atoms with Gasteiger partial charge in [-0.15, -0.1) is 0 Å². The fourth-order valence-corrected chi connectivity index (χ4v) is 3.55. The highest BCUT2D eigenvalue weighted by molar-refractivity contribution is 7.91. The summed E-state index contributed by atoms with van der Waals surface area (Å²) in [5, 5.41) is 9.38. The molecule has 1 aliphatic heterocycles. The number of aliphatic hydroxyl groups excluding tert-OH is 1. The smallest absolute Gasteiger partial charge is 0.305 e. The maximum absolute atomic E-state index is 11.1. The minimum absolute atomic E-state index is 0.0227. The molecular formula is C8H14O5S. The van der Waals surface area contributed by atoms with Gasteiger partial charge in [0.05, 0.1) is 24.7 Å². The fraction of sp³-hybridized carbons (Fsp3) is 0.875. The molecule has 1 rings (SSSR count). The second-order valence-corrected chi connectivity index (χ2v) is 5.67. The molecule has 2 unspecified atom stereocenters. The van der Waals surface area contributed by atoms with E-state index in [1.54, 1.807) is 0 Å². The molecule has 0 aromatic rings. The van der Waals surface area contributed by atoms with Gasteiger partial charge in [-0.05, 0) is 6.42 Å². The molecule has 0 saturated carbocycles. The van der Waals surface area contributed by atoms with Gasteiger partial charge in [-0.1, -0.05) is 0 Å². The number of sulfone groups is 1. The largest absolute Gasteiger partial charge is 0.469 e. The summed E-state index contributed by atoms with van der Waals surface area (Å²) in [6.45, 7) is 0. The van der Waals surface area contributed by atoms with Gasteiger partial charge in [0, 0.05) is 12.3 Å². The Labute approximate surface area is 83.0 Å². The average Bonchev–Trinajstić information content (AvgIpc) is 2.35. The Balaban J connectivity index is 2.44. The van der Waals surface area contributed by atoms with Crippen LogP contribution >= 0.6 is 0 Å². The van der Waals surface area contributed by atoms with E-state index in [9.17, 15) is 18.3 Å². The van der Waals surface area contributed by atoms with E-state index in [2.05, 4.69) is 4.74 Å². The van der Waals surface area contributed by atoms with Crippen molar-refractivity contribution in [3.05, 3.63) is 0 Å². The van der Waals surface area contributed by atoms with Crippen LogP contribution in [0.5, 0.6) is 0 Å². The lowest BCUT2D eigenvalue weighted by Crippen LogP contribution is -2.18. The number of rotatable bonds is 3. The summed E-state index contributed by atoms with van der Waals surface area (Å²) >= 11 is 0. The van der Waals surface area contributed by atoms with Gasteiger partial charge in [-0.2, -0.15) is 0 Å². The van der Waals surface area contributed by atoms with Crippen LogP contribution in [-0.4, -0.2) is 44.2 Å². The van der Waals surface area contributed by atoms with E-state index in [-0.39, 0.29) is 29.8 Å². The summed E-state index contributed by atoms with van der Waals surface area (Å²) < 4.78 is 26.6. The maximum atomic E-state index is 11.1. The molecule has 14 heavy (non-hydrogen) atoms. The summed E-state index contributed by atoms with van der Waals surface area (Å²) in [4.78, 5) is 10.8. The van der Waals surface area contributed by atoms with Crippen molar-refractivity contribution in [1.29, 1.82) is 0 Å². The Hall–Kier alpha value is -0.620. The highest BCUT2D eigenvalue weighted by atomic mass is 32.2. The van der Waals surface area contributed by atoms with Crippen molar-refractivity contribution >= 4 is 15.8 Å². The third-order valence-electron chi connectivity index (χ3n) is 2.38. The molecule has 1 heterocycles. The van der Waals surface area contributed by atoms with Crippen LogP contribution < -0.4 is 0 Å². The SMILES string of the molecule is COC(=O)CCC1CS(=O)(=O)CC1O. The zero-order chi connectivity index (χ0) is 10.8. The zero-order valence-corrected chi connectivity index (χ0v) is 8.79. The van der Waals surface area contributed by atoms with Crippen molar-refractivity contribution in [1.82, 2.24) is 0 Å². The van der Waals surface area contributed by atoms with Crippen LogP contribution in [0.3, 0.4) is 0 Å². The van der Waals surface area contributed by atoms with Crippen LogP contribution in [0.1, 0.15) is 12.8 Å². The highest BCUT2D eigenvalue weighted by Gasteiger charge is 2.36. The Morgan fingerprint density at radius 3 is 2.57 bits per heavy atom. The second kappa shape index (κ2) is 4.27. The number of carbonyl (C=O) groups excluding carboxylic acids is 1. The first-order chi connectivity index (χ1) is 6.44. The average molecular weight is 222 g/mol. The number of methoxy groups -OCH3 is 1. The quantitative estimate of drug-likeness (QED) is 0.641. The highest BCUT2D eigenvalue weighted by Crippen LogP contribution is 2.23. The van der Waals surface area contributed by atoms with E-state index >= 15 is 0 Å². The van der Waals surface area contributed by atoms with Gasteiger partial charge in [0.1, 0.15) is 0 Å². The minimum atomic E-state index is -3.10. The Kier molecular flexibility index (Phi) is 3.49. The molecule has 0 bridgehead atoms. The monoisotopic (exact) mass is 222 g/mol. The van der Waals surface area contributed by atoms with Crippen LogP contribution in [-0.2, 0) is 19.4 Å². The summed E-state index contributed by atoms with van der Waals surface area (Å²) in [7, 11) is -1.82. The van der Waals surface area contributed by atoms with Crippen molar-refractivity contribution in [2.75, 3.05) is 18.6 Å². The van der Waals surface area contributed by atoms with Gasteiger partial charge in [0.15, 0.2) is 9.84 Å². The first-order valence-corrected chi connectivity index (χ1v) is 6.22. The number of ether oxygens (including phenoxy) is 1. The molecule has 82 valence electrons. The molecule has 0 aromatic carbocycles. The lowest BCUT2D eigenvalue weighted by Gasteiger charge is -2.10. The molecule has 0 radical (unpaired) electrons. The summed E-state index contributed by atoms with van der Waals surface area (Å²) in [6, 6.07) is 0. The van der Waals surface area contributed by atoms with Crippen LogP contribution in [0.4, 0.5) is 0 Å². The minimum Gasteiger partial charge on any atom is -0.469 e. The molecule has 0 spiro atoms. The number of carbonyl (C=O) groups is 1. The zero-order valence-electron chi connectivity index (χ0n) is 7.97. The van der Waals surface area contributed by atoms with E-state index in [4.69, 9.17) is 0 Å². The van der Waals surface area contributed by atoms with Crippen molar-refractivity contribution in [3.8, 4) is 0 Å².